The van der Waals surface area contributed by atoms with E-state index in [-0.39, 0.29) is 46.8 Å². The van der Waals surface area contributed by atoms with Gasteiger partial charge in [-0.15, -0.1) is 0 Å². The standard InChI is InChI=1S/C21H29N3O6S2/c1-6-24(7-2)32(28,29)18-11-12-20(30-8-3)19(14-18)23-31(26,27)21-13-17(22-16(5)25)10-9-15(21)4/h9-14,23H,6-8H2,1-5H3,(H,22,25). The quantitative estimate of drug-likeness (QED) is 0.535. The Hall–Kier alpha value is -2.63. The first-order chi connectivity index (χ1) is 15.0. The molecule has 0 unspecified atom stereocenters. The number of amides is 1. The van der Waals surface area contributed by atoms with Crippen LogP contribution in [0.4, 0.5) is 11.4 Å². The van der Waals surface area contributed by atoms with Crippen LogP contribution in [0.5, 0.6) is 5.75 Å². The molecule has 0 fully saturated rings. The topological polar surface area (TPSA) is 122 Å². The van der Waals surface area contributed by atoms with Gasteiger partial charge in [0.05, 0.1) is 22.1 Å². The Morgan fingerprint density at radius 3 is 2.22 bits per heavy atom. The van der Waals surface area contributed by atoms with Crippen LogP contribution in [0.1, 0.15) is 33.3 Å². The van der Waals surface area contributed by atoms with E-state index in [1.54, 1.807) is 39.8 Å². The average Bonchev–Trinajstić information content (AvgIpc) is 2.70. The summed E-state index contributed by atoms with van der Waals surface area (Å²) in [6, 6.07) is 8.58. The number of ether oxygens (including phenoxy) is 1. The zero-order valence-corrected chi connectivity index (χ0v) is 20.4. The summed E-state index contributed by atoms with van der Waals surface area (Å²) in [6.45, 7) is 8.95. The number of carbonyl (C=O) groups is 1. The van der Waals surface area contributed by atoms with Gasteiger partial charge in [-0.2, -0.15) is 4.31 Å². The van der Waals surface area contributed by atoms with Gasteiger partial charge in [0.2, 0.25) is 15.9 Å². The van der Waals surface area contributed by atoms with E-state index >= 15 is 0 Å². The first-order valence-corrected chi connectivity index (χ1v) is 13.1. The highest BCUT2D eigenvalue weighted by Crippen LogP contribution is 2.32. The molecule has 2 aromatic carbocycles. The SMILES string of the molecule is CCOc1ccc(S(=O)(=O)N(CC)CC)cc1NS(=O)(=O)c1cc(NC(C)=O)ccc1C. The zero-order valence-electron chi connectivity index (χ0n) is 18.8. The van der Waals surface area contributed by atoms with E-state index in [1.165, 1.54) is 35.5 Å². The molecule has 2 aromatic rings. The van der Waals surface area contributed by atoms with Crippen LogP contribution in [0.3, 0.4) is 0 Å². The fourth-order valence-electron chi connectivity index (χ4n) is 3.11. The van der Waals surface area contributed by atoms with Gasteiger partial charge in [-0.25, -0.2) is 16.8 Å². The third-order valence-electron chi connectivity index (χ3n) is 4.64. The van der Waals surface area contributed by atoms with Crippen molar-refractivity contribution in [1.29, 1.82) is 0 Å². The van der Waals surface area contributed by atoms with Crippen molar-refractivity contribution in [2.45, 2.75) is 44.4 Å². The molecule has 9 nitrogen and oxygen atoms in total. The van der Waals surface area contributed by atoms with E-state index in [0.717, 1.165) is 0 Å². The molecular weight excluding hydrogens is 454 g/mol. The number of aryl methyl sites for hydroxylation is 1. The Bertz CT molecular complexity index is 1190. The maximum Gasteiger partial charge on any atom is 0.262 e. The number of nitrogens with one attached hydrogen (secondary N) is 2. The number of benzene rings is 2. The second kappa shape index (κ2) is 10.3. The summed E-state index contributed by atoms with van der Waals surface area (Å²) >= 11 is 0. The third-order valence-corrected chi connectivity index (χ3v) is 8.19. The Morgan fingerprint density at radius 1 is 1.00 bits per heavy atom. The molecular formula is C21H29N3O6S2. The van der Waals surface area contributed by atoms with Crippen molar-refractivity contribution in [3.8, 4) is 5.75 Å². The van der Waals surface area contributed by atoms with Gasteiger partial charge in [0.1, 0.15) is 5.75 Å². The summed E-state index contributed by atoms with van der Waals surface area (Å²) < 4.78 is 61.5. The van der Waals surface area contributed by atoms with Crippen LogP contribution in [0.25, 0.3) is 0 Å². The fourth-order valence-corrected chi connectivity index (χ4v) is 5.93. The van der Waals surface area contributed by atoms with Crippen molar-refractivity contribution in [3.63, 3.8) is 0 Å². The van der Waals surface area contributed by atoms with E-state index in [1.807, 2.05) is 0 Å². The number of hydrogen-bond donors (Lipinski definition) is 2. The minimum Gasteiger partial charge on any atom is -0.492 e. The largest absolute Gasteiger partial charge is 0.492 e. The fraction of sp³-hybridized carbons (Fsp3) is 0.381. The first-order valence-electron chi connectivity index (χ1n) is 10.1. The lowest BCUT2D eigenvalue weighted by atomic mass is 10.2. The monoisotopic (exact) mass is 483 g/mol. The second-order valence-electron chi connectivity index (χ2n) is 6.95. The average molecular weight is 484 g/mol. The molecule has 0 saturated carbocycles. The molecule has 0 aliphatic rings. The van der Waals surface area contributed by atoms with E-state index in [2.05, 4.69) is 10.0 Å². The number of rotatable bonds is 10. The van der Waals surface area contributed by atoms with Gasteiger partial charge in [0, 0.05) is 25.7 Å². The van der Waals surface area contributed by atoms with Gasteiger partial charge < -0.3 is 10.1 Å². The molecule has 11 heteroatoms. The normalized spacial score (nSPS) is 11.9. The molecule has 2 N–H and O–H groups in total. The van der Waals surface area contributed by atoms with E-state index in [4.69, 9.17) is 4.74 Å². The minimum atomic E-state index is -4.13. The van der Waals surface area contributed by atoms with Crippen molar-refractivity contribution in [2.24, 2.45) is 0 Å². The van der Waals surface area contributed by atoms with E-state index < -0.39 is 20.0 Å². The summed E-state index contributed by atoms with van der Waals surface area (Å²) in [5.74, 6) is -0.136. The Labute approximate surface area is 189 Å². The number of carbonyl (C=O) groups excluding carboxylic acids is 1. The van der Waals surface area contributed by atoms with E-state index in [0.29, 0.717) is 11.3 Å². The summed E-state index contributed by atoms with van der Waals surface area (Å²) in [5.41, 5.74) is 0.784. The first kappa shape index (κ1) is 25.6. The summed E-state index contributed by atoms with van der Waals surface area (Å²) in [5, 5.41) is 2.55. The van der Waals surface area contributed by atoms with Crippen LogP contribution in [0.15, 0.2) is 46.2 Å². The van der Waals surface area contributed by atoms with Gasteiger partial charge in [-0.05, 0) is 49.7 Å². The molecule has 176 valence electrons. The lowest BCUT2D eigenvalue weighted by molar-refractivity contribution is -0.114. The highest BCUT2D eigenvalue weighted by Gasteiger charge is 2.25. The van der Waals surface area contributed by atoms with Crippen LogP contribution < -0.4 is 14.8 Å². The molecule has 0 aromatic heterocycles. The molecule has 0 saturated heterocycles. The second-order valence-corrected chi connectivity index (χ2v) is 10.5. The summed E-state index contributed by atoms with van der Waals surface area (Å²) in [4.78, 5) is 11.2. The van der Waals surface area contributed by atoms with Crippen LogP contribution in [-0.4, -0.2) is 46.7 Å². The van der Waals surface area contributed by atoms with Gasteiger partial charge in [-0.1, -0.05) is 19.9 Å². The molecule has 0 atom stereocenters. The lowest BCUT2D eigenvalue weighted by Gasteiger charge is -2.20. The Kier molecular flexibility index (Phi) is 8.27. The third kappa shape index (κ3) is 5.78. The predicted octanol–water partition coefficient (Wildman–Crippen LogP) is 3.18. The van der Waals surface area contributed by atoms with Crippen LogP contribution in [0, 0.1) is 6.92 Å². The number of hydrogen-bond acceptors (Lipinski definition) is 6. The molecule has 1 amide bonds. The van der Waals surface area contributed by atoms with Gasteiger partial charge in [-0.3, -0.25) is 9.52 Å². The molecule has 0 spiro atoms. The number of sulfonamides is 2. The maximum absolute atomic E-state index is 13.2. The predicted molar refractivity (Wildman–Crippen MR) is 124 cm³/mol. The number of nitrogens with zero attached hydrogens (tertiary/aromatic N) is 1. The smallest absolute Gasteiger partial charge is 0.262 e. The number of anilines is 2. The summed E-state index contributed by atoms with van der Waals surface area (Å²) in [6.07, 6.45) is 0. The summed E-state index contributed by atoms with van der Waals surface area (Å²) in [7, 11) is -7.93. The maximum atomic E-state index is 13.2. The minimum absolute atomic E-state index is 0.00408. The molecule has 32 heavy (non-hydrogen) atoms. The molecule has 0 bridgehead atoms. The van der Waals surface area contributed by atoms with Crippen LogP contribution in [-0.2, 0) is 24.8 Å². The van der Waals surface area contributed by atoms with E-state index in [9.17, 15) is 21.6 Å². The lowest BCUT2D eigenvalue weighted by Crippen LogP contribution is -2.30. The van der Waals surface area contributed by atoms with Gasteiger partial charge in [0.25, 0.3) is 10.0 Å². The molecule has 0 heterocycles. The van der Waals surface area contributed by atoms with Gasteiger partial charge in [0.15, 0.2) is 0 Å². The Balaban J connectivity index is 2.56. The Morgan fingerprint density at radius 2 is 1.66 bits per heavy atom. The van der Waals surface area contributed by atoms with Crippen molar-refractivity contribution in [3.05, 3.63) is 42.0 Å². The highest BCUT2D eigenvalue weighted by atomic mass is 32.2. The molecule has 0 aliphatic heterocycles. The van der Waals surface area contributed by atoms with Crippen molar-refractivity contribution >= 4 is 37.3 Å². The zero-order chi connectivity index (χ0) is 24.1. The molecule has 0 radical (unpaired) electrons. The highest BCUT2D eigenvalue weighted by molar-refractivity contribution is 7.92. The van der Waals surface area contributed by atoms with Crippen molar-refractivity contribution < 1.29 is 26.4 Å². The van der Waals surface area contributed by atoms with Crippen LogP contribution in [0.2, 0.25) is 0 Å². The van der Waals surface area contributed by atoms with Gasteiger partial charge >= 0.3 is 0 Å². The van der Waals surface area contributed by atoms with Crippen molar-refractivity contribution in [2.75, 3.05) is 29.7 Å². The molecule has 0 aliphatic carbocycles. The molecule has 2 rings (SSSR count). The van der Waals surface area contributed by atoms with Crippen molar-refractivity contribution in [1.82, 2.24) is 4.31 Å². The van der Waals surface area contributed by atoms with Crippen LogP contribution >= 0.6 is 0 Å².